The summed E-state index contributed by atoms with van der Waals surface area (Å²) in [4.78, 5) is 40.1. The Bertz CT molecular complexity index is 846. The van der Waals surface area contributed by atoms with Crippen molar-refractivity contribution in [3.63, 3.8) is 0 Å². The fourth-order valence-corrected chi connectivity index (χ4v) is 4.06. The summed E-state index contributed by atoms with van der Waals surface area (Å²) in [6.07, 6.45) is 3.51. The number of nitrogens with zero attached hydrogens (tertiary/aromatic N) is 2. The molecule has 0 aromatic heterocycles. The molecule has 142 valence electrons. The number of hydrogen-bond donors (Lipinski definition) is 0. The van der Waals surface area contributed by atoms with Gasteiger partial charge in [-0.05, 0) is 48.4 Å². The van der Waals surface area contributed by atoms with Crippen LogP contribution in [0.1, 0.15) is 18.4 Å². The predicted molar refractivity (Wildman–Crippen MR) is 97.6 cm³/mol. The Balaban J connectivity index is 1.54. The molecular weight excluding hydrogens is 372 g/mol. The van der Waals surface area contributed by atoms with Crippen LogP contribution in [0, 0.1) is 0 Å². The van der Waals surface area contributed by atoms with E-state index in [4.69, 9.17) is 14.2 Å². The number of benzene rings is 1. The predicted octanol–water partition coefficient (Wildman–Crippen LogP) is 2.08. The molecule has 1 aromatic carbocycles. The van der Waals surface area contributed by atoms with Crippen LogP contribution in [0.3, 0.4) is 0 Å². The molecule has 0 aliphatic carbocycles. The van der Waals surface area contributed by atoms with Crippen molar-refractivity contribution in [1.82, 2.24) is 9.80 Å². The lowest BCUT2D eigenvalue weighted by Gasteiger charge is -2.18. The lowest BCUT2D eigenvalue weighted by molar-refractivity contribution is -0.135. The molecular formula is C18H18N2O6S. The quantitative estimate of drug-likeness (QED) is 0.728. The molecule has 3 aliphatic heterocycles. The van der Waals surface area contributed by atoms with E-state index in [1.165, 1.54) is 7.11 Å². The van der Waals surface area contributed by atoms with E-state index < -0.39 is 11.1 Å². The third-order valence-electron chi connectivity index (χ3n) is 4.60. The maximum atomic E-state index is 12.6. The van der Waals surface area contributed by atoms with Crippen molar-refractivity contribution in [1.29, 1.82) is 0 Å². The number of rotatable bonds is 4. The second kappa shape index (κ2) is 7.15. The van der Waals surface area contributed by atoms with Crippen molar-refractivity contribution < 1.29 is 28.6 Å². The molecule has 9 heteroatoms. The highest BCUT2D eigenvalue weighted by Gasteiger charge is 2.37. The molecule has 2 fully saturated rings. The number of hydrogen-bond acceptors (Lipinski definition) is 7. The third-order valence-corrected chi connectivity index (χ3v) is 5.51. The molecule has 0 spiro atoms. The molecule has 4 rings (SSSR count). The first-order valence-electron chi connectivity index (χ1n) is 8.57. The van der Waals surface area contributed by atoms with Gasteiger partial charge in [0.2, 0.25) is 18.4 Å². The number of carbonyl (C=O) groups is 3. The Labute approximate surface area is 160 Å². The summed E-state index contributed by atoms with van der Waals surface area (Å²) in [5, 5.41) is -0.438. The summed E-state index contributed by atoms with van der Waals surface area (Å²) in [5.74, 6) is 0.859. The molecule has 0 bridgehead atoms. The molecule has 3 aliphatic rings. The number of likely N-dealkylation sites (tertiary alicyclic amines) is 1. The number of fused-ring (bicyclic) bond motifs is 1. The maximum Gasteiger partial charge on any atom is 0.294 e. The first-order chi connectivity index (χ1) is 13.1. The van der Waals surface area contributed by atoms with Crippen LogP contribution >= 0.6 is 11.8 Å². The largest absolute Gasteiger partial charge is 0.493 e. The second-order valence-electron chi connectivity index (χ2n) is 6.31. The minimum absolute atomic E-state index is 0.101. The molecule has 0 unspecified atom stereocenters. The zero-order valence-corrected chi connectivity index (χ0v) is 15.5. The Hall–Kier alpha value is -2.68. The summed E-state index contributed by atoms with van der Waals surface area (Å²) >= 11 is 0.823. The van der Waals surface area contributed by atoms with Gasteiger partial charge < -0.3 is 19.1 Å². The topological polar surface area (TPSA) is 85.4 Å². The number of ether oxygens (including phenoxy) is 3. The van der Waals surface area contributed by atoms with E-state index in [0.29, 0.717) is 35.9 Å². The highest BCUT2D eigenvalue weighted by Crippen LogP contribution is 2.43. The molecule has 8 nitrogen and oxygen atoms in total. The van der Waals surface area contributed by atoms with Crippen LogP contribution in [0.4, 0.5) is 4.79 Å². The van der Waals surface area contributed by atoms with Gasteiger partial charge in [0.15, 0.2) is 11.5 Å². The highest BCUT2D eigenvalue weighted by molar-refractivity contribution is 8.18. The van der Waals surface area contributed by atoms with Gasteiger partial charge in [-0.1, -0.05) is 0 Å². The van der Waals surface area contributed by atoms with Crippen LogP contribution in [0.5, 0.6) is 17.2 Å². The molecule has 0 atom stereocenters. The molecule has 0 radical (unpaired) electrons. The van der Waals surface area contributed by atoms with Crippen LogP contribution in [0.2, 0.25) is 0 Å². The average Bonchev–Trinajstić information content (AvgIpc) is 3.39. The maximum absolute atomic E-state index is 12.6. The van der Waals surface area contributed by atoms with Gasteiger partial charge in [0.1, 0.15) is 6.54 Å². The van der Waals surface area contributed by atoms with E-state index in [9.17, 15) is 14.4 Å². The lowest BCUT2D eigenvalue weighted by atomic mass is 10.1. The van der Waals surface area contributed by atoms with E-state index in [-0.39, 0.29) is 24.2 Å². The monoisotopic (exact) mass is 390 g/mol. The van der Waals surface area contributed by atoms with Gasteiger partial charge in [0.25, 0.3) is 11.1 Å². The van der Waals surface area contributed by atoms with Gasteiger partial charge in [-0.3, -0.25) is 19.3 Å². The average molecular weight is 390 g/mol. The second-order valence-corrected chi connectivity index (χ2v) is 7.31. The van der Waals surface area contributed by atoms with Crippen LogP contribution in [0.15, 0.2) is 17.0 Å². The number of amides is 3. The Kier molecular flexibility index (Phi) is 4.69. The van der Waals surface area contributed by atoms with Crippen LogP contribution in [-0.4, -0.2) is 60.4 Å². The van der Waals surface area contributed by atoms with Gasteiger partial charge in [-0.25, -0.2) is 0 Å². The van der Waals surface area contributed by atoms with Crippen molar-refractivity contribution in [3.05, 3.63) is 22.6 Å². The van der Waals surface area contributed by atoms with Crippen molar-refractivity contribution in [2.75, 3.05) is 33.5 Å². The molecule has 0 saturated carbocycles. The van der Waals surface area contributed by atoms with Gasteiger partial charge in [0.05, 0.1) is 12.0 Å². The summed E-state index contributed by atoms with van der Waals surface area (Å²) in [6.45, 7) is 1.25. The number of thioether (sulfide) groups is 1. The van der Waals surface area contributed by atoms with Crippen molar-refractivity contribution in [3.8, 4) is 17.2 Å². The van der Waals surface area contributed by atoms with E-state index >= 15 is 0 Å². The zero-order valence-electron chi connectivity index (χ0n) is 14.7. The number of carbonyl (C=O) groups excluding carboxylic acids is 3. The van der Waals surface area contributed by atoms with Crippen molar-refractivity contribution in [2.24, 2.45) is 0 Å². The van der Waals surface area contributed by atoms with E-state index in [0.717, 1.165) is 29.5 Å². The summed E-state index contributed by atoms with van der Waals surface area (Å²) < 4.78 is 16.0. The summed E-state index contributed by atoms with van der Waals surface area (Å²) in [7, 11) is 1.51. The third kappa shape index (κ3) is 3.34. The molecule has 3 amide bonds. The van der Waals surface area contributed by atoms with Gasteiger partial charge in [-0.2, -0.15) is 0 Å². The van der Waals surface area contributed by atoms with Gasteiger partial charge >= 0.3 is 0 Å². The van der Waals surface area contributed by atoms with Gasteiger partial charge in [-0.15, -0.1) is 0 Å². The van der Waals surface area contributed by atoms with E-state index in [1.54, 1.807) is 23.1 Å². The van der Waals surface area contributed by atoms with Crippen molar-refractivity contribution >= 4 is 34.9 Å². The van der Waals surface area contributed by atoms with Crippen LogP contribution in [-0.2, 0) is 9.59 Å². The summed E-state index contributed by atoms with van der Waals surface area (Å²) in [6, 6.07) is 3.42. The Morgan fingerprint density at radius 3 is 2.78 bits per heavy atom. The Morgan fingerprint density at radius 2 is 2.04 bits per heavy atom. The molecule has 2 saturated heterocycles. The SMILES string of the molecule is COc1cc(C=C2SC(=O)N(CC(=O)N3CCCC3)C2=O)cc2c1OCO2. The molecule has 3 heterocycles. The lowest BCUT2D eigenvalue weighted by Crippen LogP contribution is -2.40. The Morgan fingerprint density at radius 1 is 1.26 bits per heavy atom. The molecule has 1 aromatic rings. The summed E-state index contributed by atoms with van der Waals surface area (Å²) in [5.41, 5.74) is 0.646. The number of methoxy groups -OCH3 is 1. The first-order valence-corrected chi connectivity index (χ1v) is 9.39. The van der Waals surface area contributed by atoms with Crippen LogP contribution < -0.4 is 14.2 Å². The zero-order chi connectivity index (χ0) is 19.0. The van der Waals surface area contributed by atoms with Crippen LogP contribution in [0.25, 0.3) is 6.08 Å². The fraction of sp³-hybridized carbons (Fsp3) is 0.389. The standard InChI is InChI=1S/C18H18N2O6S/c1-24-12-6-11(7-13-16(12)26-10-25-13)8-14-17(22)20(18(23)27-14)9-15(21)19-4-2-3-5-19/h6-8H,2-5,9-10H2,1H3. The smallest absolute Gasteiger partial charge is 0.294 e. The first kappa shape index (κ1) is 17.7. The normalized spacial score (nSPS) is 20.1. The minimum atomic E-state index is -0.464. The van der Waals surface area contributed by atoms with Crippen molar-refractivity contribution in [2.45, 2.75) is 12.8 Å². The molecule has 0 N–H and O–H groups in total. The highest BCUT2D eigenvalue weighted by atomic mass is 32.2. The number of imide groups is 1. The molecule has 27 heavy (non-hydrogen) atoms. The van der Waals surface area contributed by atoms with Gasteiger partial charge in [0, 0.05) is 13.1 Å². The van der Waals surface area contributed by atoms with E-state index in [1.807, 2.05) is 0 Å². The van der Waals surface area contributed by atoms with E-state index in [2.05, 4.69) is 0 Å². The fourth-order valence-electron chi connectivity index (χ4n) is 3.22. The minimum Gasteiger partial charge on any atom is -0.493 e.